The highest BCUT2D eigenvalue weighted by molar-refractivity contribution is 5.71. The Bertz CT molecular complexity index is 415. The Morgan fingerprint density at radius 3 is 2.33 bits per heavy atom. The van der Waals surface area contributed by atoms with E-state index in [1.54, 1.807) is 0 Å². The van der Waals surface area contributed by atoms with Gasteiger partial charge in [0.25, 0.3) is 0 Å². The van der Waals surface area contributed by atoms with Crippen molar-refractivity contribution in [2.45, 2.75) is 39.0 Å². The molecule has 4 nitrogen and oxygen atoms in total. The molecule has 1 aromatic rings. The molecular formula is C17H28N4. The summed E-state index contributed by atoms with van der Waals surface area (Å²) in [7, 11) is 0. The molecule has 1 saturated heterocycles. The van der Waals surface area contributed by atoms with E-state index in [-0.39, 0.29) is 0 Å². The second-order valence-electron chi connectivity index (χ2n) is 6.35. The van der Waals surface area contributed by atoms with E-state index >= 15 is 0 Å². The Morgan fingerprint density at radius 1 is 1.05 bits per heavy atom. The SMILES string of the molecule is CCCC1CCN(CCCN2Nc3ccccc3N2)CC1. The molecule has 0 aromatic heterocycles. The molecule has 0 bridgehead atoms. The van der Waals surface area contributed by atoms with Gasteiger partial charge in [-0.05, 0) is 56.9 Å². The monoisotopic (exact) mass is 288 g/mol. The van der Waals surface area contributed by atoms with Crippen LogP contribution in [-0.2, 0) is 0 Å². The van der Waals surface area contributed by atoms with Gasteiger partial charge in [0.2, 0.25) is 0 Å². The summed E-state index contributed by atoms with van der Waals surface area (Å²) in [4.78, 5) is 2.63. The van der Waals surface area contributed by atoms with Gasteiger partial charge < -0.3 is 4.90 Å². The van der Waals surface area contributed by atoms with E-state index in [1.165, 1.54) is 63.1 Å². The summed E-state index contributed by atoms with van der Waals surface area (Å²) < 4.78 is 0. The molecule has 2 heterocycles. The number of para-hydroxylation sites is 2. The van der Waals surface area contributed by atoms with Crippen molar-refractivity contribution in [2.24, 2.45) is 5.92 Å². The van der Waals surface area contributed by atoms with E-state index in [4.69, 9.17) is 0 Å². The highest BCUT2D eigenvalue weighted by Gasteiger charge is 2.19. The zero-order valence-corrected chi connectivity index (χ0v) is 13.1. The van der Waals surface area contributed by atoms with Crippen molar-refractivity contribution in [3.8, 4) is 0 Å². The molecule has 21 heavy (non-hydrogen) atoms. The Labute approximate surface area is 128 Å². The first-order valence-corrected chi connectivity index (χ1v) is 8.47. The number of rotatable bonds is 6. The molecular weight excluding hydrogens is 260 g/mol. The van der Waals surface area contributed by atoms with Gasteiger partial charge in [0.1, 0.15) is 0 Å². The molecule has 116 valence electrons. The van der Waals surface area contributed by atoms with E-state index in [2.05, 4.69) is 52.1 Å². The second-order valence-corrected chi connectivity index (χ2v) is 6.35. The van der Waals surface area contributed by atoms with Crippen LogP contribution in [0.2, 0.25) is 0 Å². The third kappa shape index (κ3) is 3.89. The molecule has 0 saturated carbocycles. The fraction of sp³-hybridized carbons (Fsp3) is 0.647. The van der Waals surface area contributed by atoms with E-state index < -0.39 is 0 Å². The molecule has 0 radical (unpaired) electrons. The topological polar surface area (TPSA) is 30.5 Å². The predicted octanol–water partition coefficient (Wildman–Crippen LogP) is 3.56. The molecule has 2 aliphatic heterocycles. The van der Waals surface area contributed by atoms with E-state index in [9.17, 15) is 0 Å². The van der Waals surface area contributed by atoms with Gasteiger partial charge in [0.05, 0.1) is 11.4 Å². The molecule has 1 aromatic carbocycles. The van der Waals surface area contributed by atoms with E-state index in [1.807, 2.05) is 0 Å². The van der Waals surface area contributed by atoms with Gasteiger partial charge in [-0.3, -0.25) is 10.9 Å². The maximum atomic E-state index is 3.40. The van der Waals surface area contributed by atoms with Crippen LogP contribution in [0, 0.1) is 5.92 Å². The van der Waals surface area contributed by atoms with E-state index in [0.717, 1.165) is 12.5 Å². The summed E-state index contributed by atoms with van der Waals surface area (Å²) in [5, 5.41) is 2.11. The Kier molecular flexibility index (Phi) is 4.99. The first-order valence-electron chi connectivity index (χ1n) is 8.47. The average Bonchev–Trinajstić information content (AvgIpc) is 2.92. The number of likely N-dealkylation sites (tertiary alicyclic amines) is 1. The second kappa shape index (κ2) is 7.14. The summed E-state index contributed by atoms with van der Waals surface area (Å²) in [6.07, 6.45) is 6.77. The van der Waals surface area contributed by atoms with Gasteiger partial charge in [0, 0.05) is 6.54 Å². The standard InChI is InChI=1S/C17H28N4/c1-2-6-15-9-13-20(14-10-15)11-5-12-21-18-16-7-3-4-8-17(16)19-21/h3-4,7-8,15,18-19H,2,5-6,9-14H2,1H3. The normalized spacial score (nSPS) is 20.0. The van der Waals surface area contributed by atoms with Crippen molar-refractivity contribution in [3.05, 3.63) is 24.3 Å². The summed E-state index contributed by atoms with van der Waals surface area (Å²) >= 11 is 0. The van der Waals surface area contributed by atoms with Crippen LogP contribution >= 0.6 is 0 Å². The van der Waals surface area contributed by atoms with Gasteiger partial charge in [-0.15, -0.1) is 5.12 Å². The highest BCUT2D eigenvalue weighted by atomic mass is 15.8. The number of hydrogen-bond donors (Lipinski definition) is 2. The van der Waals surface area contributed by atoms with Crippen LogP contribution in [0.3, 0.4) is 0 Å². The number of hydrazine groups is 2. The third-order valence-electron chi connectivity index (χ3n) is 4.70. The number of nitrogens with zero attached hydrogens (tertiary/aromatic N) is 2. The Hall–Kier alpha value is -1.26. The lowest BCUT2D eigenvalue weighted by molar-refractivity contribution is 0.172. The van der Waals surface area contributed by atoms with Crippen LogP contribution in [-0.4, -0.2) is 36.2 Å². The maximum absolute atomic E-state index is 3.40. The number of anilines is 2. The molecule has 0 atom stereocenters. The number of piperidine rings is 1. The van der Waals surface area contributed by atoms with Crippen LogP contribution in [0.15, 0.2) is 24.3 Å². The van der Waals surface area contributed by atoms with E-state index in [0.29, 0.717) is 0 Å². The first-order chi connectivity index (χ1) is 10.3. The smallest absolute Gasteiger partial charge is 0.0753 e. The maximum Gasteiger partial charge on any atom is 0.0753 e. The summed E-state index contributed by atoms with van der Waals surface area (Å²) in [5.41, 5.74) is 9.16. The van der Waals surface area contributed by atoms with Crippen molar-refractivity contribution >= 4 is 11.4 Å². The van der Waals surface area contributed by atoms with Crippen molar-refractivity contribution < 1.29 is 0 Å². The molecule has 2 N–H and O–H groups in total. The Morgan fingerprint density at radius 2 is 1.71 bits per heavy atom. The molecule has 0 aliphatic carbocycles. The van der Waals surface area contributed by atoms with Crippen molar-refractivity contribution in [1.82, 2.24) is 10.0 Å². The van der Waals surface area contributed by atoms with Crippen LogP contribution in [0.5, 0.6) is 0 Å². The summed E-state index contributed by atoms with van der Waals surface area (Å²) in [6.45, 7) is 7.15. The van der Waals surface area contributed by atoms with Crippen molar-refractivity contribution in [2.75, 3.05) is 37.0 Å². The minimum atomic E-state index is 0.989. The summed E-state index contributed by atoms with van der Waals surface area (Å²) in [6, 6.07) is 8.36. The minimum Gasteiger partial charge on any atom is -0.303 e. The first kappa shape index (κ1) is 14.7. The summed E-state index contributed by atoms with van der Waals surface area (Å²) in [5.74, 6) is 0.989. The third-order valence-corrected chi connectivity index (χ3v) is 4.70. The van der Waals surface area contributed by atoms with Gasteiger partial charge in [-0.25, -0.2) is 0 Å². The molecule has 0 spiro atoms. The molecule has 1 fully saturated rings. The minimum absolute atomic E-state index is 0.989. The van der Waals surface area contributed by atoms with Crippen LogP contribution in [0.4, 0.5) is 11.4 Å². The van der Waals surface area contributed by atoms with Gasteiger partial charge in [-0.2, -0.15) is 0 Å². The number of nitrogens with one attached hydrogen (secondary N) is 2. The molecule has 3 rings (SSSR count). The number of benzene rings is 1. The lowest BCUT2D eigenvalue weighted by atomic mass is 9.92. The van der Waals surface area contributed by atoms with Gasteiger partial charge in [0.15, 0.2) is 0 Å². The quantitative estimate of drug-likeness (QED) is 0.838. The fourth-order valence-electron chi connectivity index (χ4n) is 3.47. The van der Waals surface area contributed by atoms with Crippen molar-refractivity contribution in [3.63, 3.8) is 0 Å². The van der Waals surface area contributed by atoms with Crippen molar-refractivity contribution in [1.29, 1.82) is 0 Å². The molecule has 2 aliphatic rings. The van der Waals surface area contributed by atoms with Gasteiger partial charge in [-0.1, -0.05) is 31.9 Å². The molecule has 0 unspecified atom stereocenters. The lowest BCUT2D eigenvalue weighted by Gasteiger charge is -2.32. The largest absolute Gasteiger partial charge is 0.303 e. The van der Waals surface area contributed by atoms with Crippen LogP contribution < -0.4 is 10.9 Å². The lowest BCUT2D eigenvalue weighted by Crippen LogP contribution is -2.37. The molecule has 0 amide bonds. The average molecular weight is 288 g/mol. The van der Waals surface area contributed by atoms with Crippen LogP contribution in [0.1, 0.15) is 39.0 Å². The van der Waals surface area contributed by atoms with Crippen LogP contribution in [0.25, 0.3) is 0 Å². The number of hydrogen-bond acceptors (Lipinski definition) is 4. The number of fused-ring (bicyclic) bond motifs is 1. The van der Waals surface area contributed by atoms with Gasteiger partial charge >= 0.3 is 0 Å². The zero-order valence-electron chi connectivity index (χ0n) is 13.1. The highest BCUT2D eigenvalue weighted by Crippen LogP contribution is 2.27. The Balaban J connectivity index is 1.33. The zero-order chi connectivity index (χ0) is 14.5. The molecule has 4 heteroatoms. The predicted molar refractivity (Wildman–Crippen MR) is 89.1 cm³/mol. The fourth-order valence-corrected chi connectivity index (χ4v) is 3.47.